The topological polar surface area (TPSA) is 49.7 Å². The van der Waals surface area contributed by atoms with Gasteiger partial charge in [0.05, 0.1) is 6.61 Å². The molecule has 1 radical (unpaired) electrons. The highest BCUT2D eigenvalue weighted by Gasteiger charge is 2.00. The summed E-state index contributed by atoms with van der Waals surface area (Å²) < 4.78 is 17.7. The molecule has 0 unspecified atom stereocenters. The van der Waals surface area contributed by atoms with Crippen LogP contribution in [0.4, 0.5) is 4.39 Å². The largest absolute Gasteiger partial charge is 0.491 e. The summed E-state index contributed by atoms with van der Waals surface area (Å²) in [6.07, 6.45) is 0. The Morgan fingerprint density at radius 3 is 2.77 bits per heavy atom. The van der Waals surface area contributed by atoms with Crippen LogP contribution in [-0.2, 0) is 0 Å². The molecule has 0 saturated carbocycles. The van der Waals surface area contributed by atoms with Crippen LogP contribution in [-0.4, -0.2) is 23.4 Å². The van der Waals surface area contributed by atoms with Gasteiger partial charge in [0, 0.05) is 6.07 Å². The molecule has 0 aliphatic carbocycles. The summed E-state index contributed by atoms with van der Waals surface area (Å²) in [6.45, 7) is 0.762. The van der Waals surface area contributed by atoms with E-state index in [2.05, 4.69) is 0 Å². The molecule has 71 valence electrons. The molecule has 3 nitrogen and oxygen atoms in total. The Balaban J connectivity index is 2.76. The second-order valence-electron chi connectivity index (χ2n) is 2.42. The highest BCUT2D eigenvalue weighted by atomic mass is 19.1. The quantitative estimate of drug-likeness (QED) is 0.737. The normalized spacial score (nSPS) is 10.1. The van der Waals surface area contributed by atoms with Crippen molar-refractivity contribution in [3.63, 3.8) is 0 Å². The molecular formula is C9H10FO3. The molecular weight excluding hydrogens is 175 g/mol. The molecule has 0 bridgehead atoms. The van der Waals surface area contributed by atoms with Gasteiger partial charge in [0.1, 0.15) is 24.8 Å². The van der Waals surface area contributed by atoms with Gasteiger partial charge in [-0.15, -0.1) is 0 Å². The standard InChI is InChI=1S/C9H10FO3/c10-8-3-7(6-12)4-9(5-8)13-2-1-11/h3-6,11-12H,1-2H2. The maximum Gasteiger partial charge on any atom is 0.127 e. The third kappa shape index (κ3) is 3.01. The van der Waals surface area contributed by atoms with E-state index in [0.29, 0.717) is 5.56 Å². The van der Waals surface area contributed by atoms with Crippen molar-refractivity contribution in [2.24, 2.45) is 0 Å². The molecule has 0 heterocycles. The summed E-state index contributed by atoms with van der Waals surface area (Å²) in [5.74, 6) is -0.204. The molecule has 0 saturated heterocycles. The summed E-state index contributed by atoms with van der Waals surface area (Å²) >= 11 is 0. The molecule has 4 heteroatoms. The number of benzene rings is 1. The van der Waals surface area contributed by atoms with Crippen molar-refractivity contribution in [2.45, 2.75) is 0 Å². The zero-order valence-corrected chi connectivity index (χ0v) is 6.90. The lowest BCUT2D eigenvalue weighted by Gasteiger charge is -2.05. The van der Waals surface area contributed by atoms with E-state index < -0.39 is 5.82 Å². The molecule has 0 spiro atoms. The van der Waals surface area contributed by atoms with Crippen LogP contribution in [0.2, 0.25) is 0 Å². The lowest BCUT2D eigenvalue weighted by Crippen LogP contribution is -2.02. The van der Waals surface area contributed by atoms with Gasteiger partial charge in [0.25, 0.3) is 0 Å². The number of halogens is 1. The molecule has 0 aromatic heterocycles. The van der Waals surface area contributed by atoms with Crippen molar-refractivity contribution >= 4 is 0 Å². The zero-order valence-electron chi connectivity index (χ0n) is 6.90. The molecule has 0 aliphatic heterocycles. The summed E-state index contributed by atoms with van der Waals surface area (Å²) in [6, 6.07) is 3.83. The van der Waals surface area contributed by atoms with Crippen molar-refractivity contribution in [3.8, 4) is 5.75 Å². The molecule has 1 rings (SSSR count). The second kappa shape index (κ2) is 4.79. The van der Waals surface area contributed by atoms with E-state index in [1.54, 1.807) is 0 Å². The van der Waals surface area contributed by atoms with Crippen molar-refractivity contribution in [1.29, 1.82) is 0 Å². The summed E-state index contributed by atoms with van der Waals surface area (Å²) in [5.41, 5.74) is 0.327. The van der Waals surface area contributed by atoms with Crippen molar-refractivity contribution in [2.75, 3.05) is 13.2 Å². The summed E-state index contributed by atoms with van der Waals surface area (Å²) in [5, 5.41) is 17.1. The fraction of sp³-hybridized carbons (Fsp3) is 0.222. The van der Waals surface area contributed by atoms with Crippen LogP contribution < -0.4 is 4.74 Å². The van der Waals surface area contributed by atoms with Gasteiger partial charge >= 0.3 is 0 Å². The van der Waals surface area contributed by atoms with E-state index in [4.69, 9.17) is 14.9 Å². The SMILES string of the molecule is O[CH]c1cc(F)cc(OCCO)c1. The van der Waals surface area contributed by atoms with E-state index in [1.165, 1.54) is 18.2 Å². The van der Waals surface area contributed by atoms with E-state index in [1.807, 2.05) is 0 Å². The Hall–Kier alpha value is -1.13. The predicted molar refractivity (Wildman–Crippen MR) is 44.3 cm³/mol. The van der Waals surface area contributed by atoms with Crippen LogP contribution in [0.5, 0.6) is 5.75 Å². The number of aliphatic hydroxyl groups is 2. The molecule has 0 amide bonds. The predicted octanol–water partition coefficient (Wildman–Crippen LogP) is 1.08. The first-order valence-corrected chi connectivity index (χ1v) is 3.78. The molecule has 13 heavy (non-hydrogen) atoms. The van der Waals surface area contributed by atoms with E-state index in [9.17, 15) is 4.39 Å². The van der Waals surface area contributed by atoms with Gasteiger partial charge < -0.3 is 14.9 Å². The molecule has 1 aromatic rings. The fourth-order valence-corrected chi connectivity index (χ4v) is 0.906. The monoisotopic (exact) mass is 185 g/mol. The average molecular weight is 185 g/mol. The highest BCUT2D eigenvalue weighted by molar-refractivity contribution is 5.32. The van der Waals surface area contributed by atoms with Gasteiger partial charge in [-0.3, -0.25) is 0 Å². The van der Waals surface area contributed by atoms with Crippen LogP contribution in [0.3, 0.4) is 0 Å². The Bertz CT molecular complexity index is 276. The van der Waals surface area contributed by atoms with Gasteiger partial charge in [-0.1, -0.05) is 0 Å². The number of hydrogen-bond acceptors (Lipinski definition) is 3. The highest BCUT2D eigenvalue weighted by Crippen LogP contribution is 2.16. The third-order valence-corrected chi connectivity index (χ3v) is 1.40. The van der Waals surface area contributed by atoms with Crippen molar-refractivity contribution < 1.29 is 19.3 Å². The zero-order chi connectivity index (χ0) is 9.68. The molecule has 1 aromatic carbocycles. The van der Waals surface area contributed by atoms with Crippen LogP contribution in [0.1, 0.15) is 5.56 Å². The average Bonchev–Trinajstić information content (AvgIpc) is 2.14. The number of aliphatic hydroxyl groups excluding tert-OH is 2. The van der Waals surface area contributed by atoms with Gasteiger partial charge in [-0.25, -0.2) is 4.39 Å². The Labute approximate surface area is 75.4 Å². The smallest absolute Gasteiger partial charge is 0.127 e. The van der Waals surface area contributed by atoms with Gasteiger partial charge in [-0.2, -0.15) is 0 Å². The lowest BCUT2D eigenvalue weighted by molar-refractivity contribution is 0.201. The van der Waals surface area contributed by atoms with Crippen molar-refractivity contribution in [1.82, 2.24) is 0 Å². The maximum absolute atomic E-state index is 12.8. The number of ether oxygens (including phenoxy) is 1. The van der Waals surface area contributed by atoms with Gasteiger partial charge in [0.15, 0.2) is 0 Å². The minimum atomic E-state index is -0.490. The molecule has 0 fully saturated rings. The number of hydrogen-bond donors (Lipinski definition) is 2. The maximum atomic E-state index is 12.8. The summed E-state index contributed by atoms with van der Waals surface area (Å²) in [7, 11) is 0. The van der Waals surface area contributed by atoms with E-state index in [0.717, 1.165) is 6.61 Å². The fourth-order valence-electron chi connectivity index (χ4n) is 0.906. The minimum absolute atomic E-state index is 0.105. The van der Waals surface area contributed by atoms with Crippen LogP contribution >= 0.6 is 0 Å². The minimum Gasteiger partial charge on any atom is -0.491 e. The molecule has 0 atom stereocenters. The molecule has 2 N–H and O–H groups in total. The van der Waals surface area contributed by atoms with E-state index in [-0.39, 0.29) is 19.0 Å². The Morgan fingerprint density at radius 1 is 1.38 bits per heavy atom. The van der Waals surface area contributed by atoms with Gasteiger partial charge in [0.2, 0.25) is 0 Å². The van der Waals surface area contributed by atoms with Crippen LogP contribution in [0.25, 0.3) is 0 Å². The third-order valence-electron chi connectivity index (χ3n) is 1.40. The van der Waals surface area contributed by atoms with Crippen LogP contribution in [0, 0.1) is 12.4 Å². The van der Waals surface area contributed by atoms with Gasteiger partial charge in [-0.05, 0) is 17.7 Å². The number of rotatable bonds is 4. The summed E-state index contributed by atoms with van der Waals surface area (Å²) in [4.78, 5) is 0. The second-order valence-corrected chi connectivity index (χ2v) is 2.42. The van der Waals surface area contributed by atoms with Crippen molar-refractivity contribution in [3.05, 3.63) is 36.2 Å². The van der Waals surface area contributed by atoms with E-state index >= 15 is 0 Å². The lowest BCUT2D eigenvalue weighted by atomic mass is 10.2. The molecule has 0 aliphatic rings. The first kappa shape index (κ1) is 9.95. The first-order chi connectivity index (χ1) is 6.26. The first-order valence-electron chi connectivity index (χ1n) is 3.78. The van der Waals surface area contributed by atoms with Crippen LogP contribution in [0.15, 0.2) is 18.2 Å². The Morgan fingerprint density at radius 2 is 2.15 bits per heavy atom. The Kier molecular flexibility index (Phi) is 3.67.